The third-order valence-corrected chi connectivity index (χ3v) is 5.14. The van der Waals surface area contributed by atoms with Crippen LogP contribution in [0.2, 0.25) is 0 Å². The van der Waals surface area contributed by atoms with Crippen molar-refractivity contribution in [3.63, 3.8) is 0 Å². The van der Waals surface area contributed by atoms with Crippen molar-refractivity contribution < 1.29 is 34.0 Å². The zero-order chi connectivity index (χ0) is 24.1. The lowest BCUT2D eigenvalue weighted by Crippen LogP contribution is -2.33. The number of aryl methyl sites for hydroxylation is 1. The summed E-state index contributed by atoms with van der Waals surface area (Å²) < 4.78 is 16.3. The molecule has 180 valence electrons. The quantitative estimate of drug-likeness (QED) is 0.393. The van der Waals surface area contributed by atoms with Gasteiger partial charge >= 0.3 is 5.97 Å². The van der Waals surface area contributed by atoms with Gasteiger partial charge in [-0.1, -0.05) is 30.3 Å². The molecule has 2 aromatic carbocycles. The molecule has 0 aliphatic carbocycles. The van der Waals surface area contributed by atoms with E-state index in [1.165, 1.54) is 19.8 Å². The van der Waals surface area contributed by atoms with Crippen LogP contribution in [0.1, 0.15) is 41.6 Å². The van der Waals surface area contributed by atoms with E-state index in [9.17, 15) is 9.59 Å². The van der Waals surface area contributed by atoms with Crippen LogP contribution in [0.5, 0.6) is 17.2 Å². The number of amides is 1. The van der Waals surface area contributed by atoms with Crippen molar-refractivity contribution in [2.45, 2.75) is 32.1 Å². The first-order chi connectivity index (χ1) is 16.0. The first-order valence-corrected chi connectivity index (χ1v) is 11.0. The second-order valence-electron chi connectivity index (χ2n) is 7.51. The number of benzene rings is 2. The summed E-state index contributed by atoms with van der Waals surface area (Å²) >= 11 is 0. The predicted molar refractivity (Wildman–Crippen MR) is 124 cm³/mol. The molecule has 8 nitrogen and oxygen atoms in total. The number of nitrogens with zero attached hydrogens (tertiary/aromatic N) is 1. The summed E-state index contributed by atoms with van der Waals surface area (Å²) in [4.78, 5) is 26.0. The molecule has 0 spiro atoms. The lowest BCUT2D eigenvalue weighted by molar-refractivity contribution is -0.137. The van der Waals surface area contributed by atoms with E-state index in [0.29, 0.717) is 48.7 Å². The van der Waals surface area contributed by atoms with Gasteiger partial charge in [-0.2, -0.15) is 0 Å². The number of ether oxygens (including phenoxy) is 3. The molecule has 33 heavy (non-hydrogen) atoms. The third kappa shape index (κ3) is 8.31. The van der Waals surface area contributed by atoms with Crippen molar-refractivity contribution in [3.05, 3.63) is 53.6 Å². The van der Waals surface area contributed by atoms with Crippen LogP contribution < -0.4 is 14.2 Å². The average molecular weight is 460 g/mol. The lowest BCUT2D eigenvalue weighted by Gasteiger charge is -2.24. The first kappa shape index (κ1) is 26.0. The molecule has 8 heteroatoms. The monoisotopic (exact) mass is 459 g/mol. The van der Waals surface area contributed by atoms with Crippen molar-refractivity contribution in [2.75, 3.05) is 40.5 Å². The maximum atomic E-state index is 13.4. The molecule has 0 heterocycles. The fourth-order valence-corrected chi connectivity index (χ4v) is 3.49. The van der Waals surface area contributed by atoms with E-state index < -0.39 is 5.97 Å². The molecule has 2 N–H and O–H groups in total. The number of carbonyl (C=O) groups is 2. The van der Waals surface area contributed by atoms with Gasteiger partial charge in [-0.3, -0.25) is 9.59 Å². The molecule has 0 aliphatic rings. The number of unbranched alkanes of at least 4 members (excludes halogenated alkanes) is 1. The van der Waals surface area contributed by atoms with Gasteiger partial charge in [0.05, 0.1) is 20.8 Å². The molecule has 0 aliphatic heterocycles. The Hall–Kier alpha value is -3.26. The fraction of sp³-hybridized carbons (Fsp3) is 0.440. The molecule has 0 bridgehead atoms. The standard InChI is InChI=1S/C25H33NO7/c1-31-21-17-20(18-22(32-2)24(21)33-16-15-27)25(30)26(13-7-6-12-23(28)29)14-8-11-19-9-4-3-5-10-19/h3-5,9-10,17-18,27H,6-8,11-16H2,1-2H3,(H,28,29). The minimum Gasteiger partial charge on any atom is -0.493 e. The maximum Gasteiger partial charge on any atom is 0.303 e. The normalized spacial score (nSPS) is 10.5. The van der Waals surface area contributed by atoms with Gasteiger partial charge in [-0.15, -0.1) is 0 Å². The van der Waals surface area contributed by atoms with Crippen molar-refractivity contribution in [1.29, 1.82) is 0 Å². The van der Waals surface area contributed by atoms with E-state index in [1.807, 2.05) is 18.2 Å². The highest BCUT2D eigenvalue weighted by atomic mass is 16.5. The Bertz CT molecular complexity index is 861. The number of carboxylic acids is 1. The van der Waals surface area contributed by atoms with Crippen LogP contribution >= 0.6 is 0 Å². The summed E-state index contributed by atoms with van der Waals surface area (Å²) in [5.41, 5.74) is 1.59. The molecule has 1 amide bonds. The van der Waals surface area contributed by atoms with Crippen molar-refractivity contribution in [3.8, 4) is 17.2 Å². The summed E-state index contributed by atoms with van der Waals surface area (Å²) in [6.07, 6.45) is 2.78. The molecular weight excluding hydrogens is 426 g/mol. The molecule has 0 fully saturated rings. The second-order valence-corrected chi connectivity index (χ2v) is 7.51. The number of carboxylic acid groups (broad SMARTS) is 1. The Balaban J connectivity index is 2.18. The molecule has 0 aromatic heterocycles. The minimum atomic E-state index is -0.843. The van der Waals surface area contributed by atoms with Crippen LogP contribution in [0.3, 0.4) is 0 Å². The topological polar surface area (TPSA) is 106 Å². The summed E-state index contributed by atoms with van der Waals surface area (Å²) in [6, 6.07) is 13.3. The van der Waals surface area contributed by atoms with Gasteiger partial charge in [0, 0.05) is 25.1 Å². The number of hydrogen-bond acceptors (Lipinski definition) is 6. The number of aliphatic hydroxyl groups excluding tert-OH is 1. The van der Waals surface area contributed by atoms with Crippen LogP contribution in [0.4, 0.5) is 0 Å². The summed E-state index contributed by atoms with van der Waals surface area (Å²) in [5, 5.41) is 18.0. The predicted octanol–water partition coefficient (Wildman–Crippen LogP) is 3.40. The summed E-state index contributed by atoms with van der Waals surface area (Å²) in [6.45, 7) is 0.885. The van der Waals surface area contributed by atoms with E-state index in [2.05, 4.69) is 12.1 Å². The van der Waals surface area contributed by atoms with Gasteiger partial charge in [-0.25, -0.2) is 0 Å². The molecule has 2 aromatic rings. The molecule has 0 saturated carbocycles. The van der Waals surface area contributed by atoms with Crippen molar-refractivity contribution in [2.24, 2.45) is 0 Å². The Morgan fingerprint density at radius 1 is 0.939 bits per heavy atom. The highest BCUT2D eigenvalue weighted by Gasteiger charge is 2.21. The van der Waals surface area contributed by atoms with Crippen molar-refractivity contribution >= 4 is 11.9 Å². The van der Waals surface area contributed by atoms with Crippen molar-refractivity contribution in [1.82, 2.24) is 4.90 Å². The number of aliphatic carboxylic acids is 1. The van der Waals surface area contributed by atoms with Gasteiger partial charge in [0.2, 0.25) is 5.75 Å². The molecule has 2 rings (SSSR count). The average Bonchev–Trinajstić information content (AvgIpc) is 2.83. The third-order valence-electron chi connectivity index (χ3n) is 5.14. The van der Waals surface area contributed by atoms with Crippen LogP contribution in [-0.4, -0.2) is 67.5 Å². The Kier molecular flexibility index (Phi) is 11.0. The molecule has 0 atom stereocenters. The number of hydrogen-bond donors (Lipinski definition) is 2. The van der Waals surface area contributed by atoms with Gasteiger partial charge in [0.1, 0.15) is 6.61 Å². The van der Waals surface area contributed by atoms with Crippen LogP contribution in [-0.2, 0) is 11.2 Å². The Morgan fingerprint density at radius 2 is 1.58 bits per heavy atom. The SMILES string of the molecule is COc1cc(C(=O)N(CCCCC(=O)O)CCCc2ccccc2)cc(OC)c1OCCO. The van der Waals surface area contributed by atoms with E-state index in [1.54, 1.807) is 17.0 Å². The largest absolute Gasteiger partial charge is 0.493 e. The fourth-order valence-electron chi connectivity index (χ4n) is 3.49. The number of carbonyl (C=O) groups excluding carboxylic acids is 1. The Labute approximate surface area is 194 Å². The van der Waals surface area contributed by atoms with Gasteiger partial charge in [0.25, 0.3) is 5.91 Å². The maximum absolute atomic E-state index is 13.4. The smallest absolute Gasteiger partial charge is 0.303 e. The molecular formula is C25H33NO7. The Morgan fingerprint density at radius 3 is 2.15 bits per heavy atom. The number of methoxy groups -OCH3 is 2. The number of aliphatic hydroxyl groups is 1. The van der Waals surface area contributed by atoms with E-state index in [-0.39, 0.29) is 25.5 Å². The van der Waals surface area contributed by atoms with Crippen LogP contribution in [0, 0.1) is 0 Å². The molecule has 0 radical (unpaired) electrons. The zero-order valence-corrected chi connectivity index (χ0v) is 19.3. The van der Waals surface area contributed by atoms with Gasteiger partial charge < -0.3 is 29.3 Å². The molecule has 0 saturated heterocycles. The minimum absolute atomic E-state index is 0.0647. The summed E-state index contributed by atoms with van der Waals surface area (Å²) in [5.74, 6) is -0.0428. The van der Waals surface area contributed by atoms with E-state index in [0.717, 1.165) is 12.8 Å². The van der Waals surface area contributed by atoms with Crippen LogP contribution in [0.15, 0.2) is 42.5 Å². The molecule has 0 unspecified atom stereocenters. The zero-order valence-electron chi connectivity index (χ0n) is 19.3. The van der Waals surface area contributed by atoms with Gasteiger partial charge in [0.15, 0.2) is 11.5 Å². The highest BCUT2D eigenvalue weighted by Crippen LogP contribution is 2.39. The number of rotatable bonds is 15. The van der Waals surface area contributed by atoms with Crippen LogP contribution in [0.25, 0.3) is 0 Å². The first-order valence-electron chi connectivity index (χ1n) is 11.0. The van der Waals surface area contributed by atoms with E-state index in [4.69, 9.17) is 24.4 Å². The summed E-state index contributed by atoms with van der Waals surface area (Å²) in [7, 11) is 2.94. The van der Waals surface area contributed by atoms with Gasteiger partial charge in [-0.05, 0) is 43.4 Å². The highest BCUT2D eigenvalue weighted by molar-refractivity contribution is 5.95. The van der Waals surface area contributed by atoms with E-state index >= 15 is 0 Å². The lowest BCUT2D eigenvalue weighted by atomic mass is 10.1. The second kappa shape index (κ2) is 14.0.